The maximum Gasteiger partial charge on any atom is 0.0949 e. The molecule has 0 bridgehead atoms. The van der Waals surface area contributed by atoms with Crippen LogP contribution in [0.5, 0.6) is 0 Å². The average Bonchev–Trinajstić information content (AvgIpc) is 3.19. The quantitative estimate of drug-likeness (QED) is 0.696. The molecule has 2 heteroatoms. The minimum absolute atomic E-state index is 0.211. The van der Waals surface area contributed by atoms with Gasteiger partial charge in [-0.15, -0.1) is 0 Å². The molecule has 0 aliphatic heterocycles. The highest BCUT2D eigenvalue weighted by Crippen LogP contribution is 2.22. The Morgan fingerprint density at radius 1 is 1.29 bits per heavy atom. The maximum absolute atomic E-state index is 5.98. The normalized spacial score (nSPS) is 17.0. The topological polar surface area (TPSA) is 21.3 Å². The van der Waals surface area contributed by atoms with E-state index in [9.17, 15) is 0 Å². The smallest absolute Gasteiger partial charge is 0.0949 e. The maximum atomic E-state index is 5.98. The summed E-state index contributed by atoms with van der Waals surface area (Å²) in [4.78, 5) is 0. The number of rotatable bonds is 8. The molecule has 1 aromatic rings. The predicted molar refractivity (Wildman–Crippen MR) is 71.1 cm³/mol. The fourth-order valence-corrected chi connectivity index (χ4v) is 1.87. The van der Waals surface area contributed by atoms with Crippen LogP contribution in [0.4, 0.5) is 0 Å². The molecule has 1 aliphatic rings. The van der Waals surface area contributed by atoms with E-state index < -0.39 is 0 Å². The van der Waals surface area contributed by atoms with E-state index in [1.54, 1.807) is 0 Å². The SMILES string of the molecule is CCCCOC(CNC1CC1)c1ccccc1. The Balaban J connectivity index is 1.85. The van der Waals surface area contributed by atoms with Gasteiger partial charge in [0.2, 0.25) is 0 Å². The molecule has 1 fully saturated rings. The Bertz CT molecular complexity index is 308. The van der Waals surface area contributed by atoms with E-state index in [1.807, 2.05) is 0 Å². The number of benzene rings is 1. The fourth-order valence-electron chi connectivity index (χ4n) is 1.87. The molecule has 0 radical (unpaired) electrons. The molecule has 94 valence electrons. The van der Waals surface area contributed by atoms with Crippen molar-refractivity contribution in [3.05, 3.63) is 35.9 Å². The van der Waals surface area contributed by atoms with Gasteiger partial charge in [-0.3, -0.25) is 0 Å². The van der Waals surface area contributed by atoms with Crippen LogP contribution in [-0.4, -0.2) is 19.2 Å². The van der Waals surface area contributed by atoms with Gasteiger partial charge in [-0.1, -0.05) is 43.7 Å². The number of hydrogen-bond acceptors (Lipinski definition) is 2. The second-order valence-electron chi connectivity index (χ2n) is 4.81. The third-order valence-electron chi connectivity index (χ3n) is 3.16. The van der Waals surface area contributed by atoms with Gasteiger partial charge in [-0.05, 0) is 24.8 Å². The van der Waals surface area contributed by atoms with Crippen molar-refractivity contribution in [3.63, 3.8) is 0 Å². The Morgan fingerprint density at radius 3 is 2.71 bits per heavy atom. The van der Waals surface area contributed by atoms with E-state index in [-0.39, 0.29) is 6.10 Å². The van der Waals surface area contributed by atoms with E-state index >= 15 is 0 Å². The van der Waals surface area contributed by atoms with Crippen molar-refractivity contribution < 1.29 is 4.74 Å². The third kappa shape index (κ3) is 4.49. The zero-order valence-electron chi connectivity index (χ0n) is 10.7. The first-order valence-corrected chi connectivity index (χ1v) is 6.80. The molecular formula is C15H23NO. The van der Waals surface area contributed by atoms with E-state index in [4.69, 9.17) is 4.74 Å². The van der Waals surface area contributed by atoms with Gasteiger partial charge in [0.25, 0.3) is 0 Å². The van der Waals surface area contributed by atoms with E-state index in [0.29, 0.717) is 0 Å². The standard InChI is InChI=1S/C15H23NO/c1-2-3-11-17-15(12-16-14-9-10-14)13-7-5-4-6-8-13/h4-8,14-16H,2-3,9-12H2,1H3. The summed E-state index contributed by atoms with van der Waals surface area (Å²) in [6.45, 7) is 4.00. The van der Waals surface area contributed by atoms with Crippen LogP contribution in [0.25, 0.3) is 0 Å². The fraction of sp³-hybridized carbons (Fsp3) is 0.600. The van der Waals surface area contributed by atoms with E-state index in [0.717, 1.165) is 25.6 Å². The zero-order chi connectivity index (χ0) is 11.9. The van der Waals surface area contributed by atoms with Crippen molar-refractivity contribution >= 4 is 0 Å². The number of nitrogens with one attached hydrogen (secondary N) is 1. The first-order valence-electron chi connectivity index (χ1n) is 6.80. The van der Waals surface area contributed by atoms with Crippen LogP contribution < -0.4 is 5.32 Å². The lowest BCUT2D eigenvalue weighted by atomic mass is 10.1. The summed E-state index contributed by atoms with van der Waals surface area (Å²) in [5.41, 5.74) is 1.29. The Morgan fingerprint density at radius 2 is 2.06 bits per heavy atom. The summed E-state index contributed by atoms with van der Waals surface area (Å²) in [5.74, 6) is 0. The number of unbranched alkanes of at least 4 members (excludes halogenated alkanes) is 1. The van der Waals surface area contributed by atoms with Gasteiger partial charge in [-0.2, -0.15) is 0 Å². The molecule has 0 spiro atoms. The molecule has 1 aliphatic carbocycles. The summed E-state index contributed by atoms with van der Waals surface area (Å²) >= 11 is 0. The molecule has 1 atom stereocenters. The molecule has 17 heavy (non-hydrogen) atoms. The highest BCUT2D eigenvalue weighted by Gasteiger charge is 2.22. The second-order valence-corrected chi connectivity index (χ2v) is 4.81. The second kappa shape index (κ2) is 6.77. The predicted octanol–water partition coefficient (Wildman–Crippen LogP) is 3.30. The van der Waals surface area contributed by atoms with Gasteiger partial charge in [0.1, 0.15) is 0 Å². The lowest BCUT2D eigenvalue weighted by Crippen LogP contribution is -2.25. The third-order valence-corrected chi connectivity index (χ3v) is 3.16. The summed E-state index contributed by atoms with van der Waals surface area (Å²) in [6.07, 6.45) is 5.21. The molecule has 1 aromatic carbocycles. The first-order chi connectivity index (χ1) is 8.40. The number of hydrogen-bond donors (Lipinski definition) is 1. The van der Waals surface area contributed by atoms with Crippen molar-refractivity contribution in [2.45, 2.75) is 44.8 Å². The van der Waals surface area contributed by atoms with Crippen LogP contribution in [0.2, 0.25) is 0 Å². The van der Waals surface area contributed by atoms with Crippen molar-refractivity contribution in [2.24, 2.45) is 0 Å². The molecule has 0 aromatic heterocycles. The van der Waals surface area contributed by atoms with Crippen molar-refractivity contribution in [1.82, 2.24) is 5.32 Å². The molecular weight excluding hydrogens is 210 g/mol. The van der Waals surface area contributed by atoms with Crippen LogP contribution >= 0.6 is 0 Å². The van der Waals surface area contributed by atoms with Gasteiger partial charge < -0.3 is 10.1 Å². The molecule has 0 saturated heterocycles. The molecule has 0 heterocycles. The molecule has 2 rings (SSSR count). The zero-order valence-corrected chi connectivity index (χ0v) is 10.7. The lowest BCUT2D eigenvalue weighted by Gasteiger charge is -2.19. The van der Waals surface area contributed by atoms with E-state index in [2.05, 4.69) is 42.6 Å². The van der Waals surface area contributed by atoms with Crippen LogP contribution in [0.3, 0.4) is 0 Å². The molecule has 1 saturated carbocycles. The highest BCUT2D eigenvalue weighted by atomic mass is 16.5. The van der Waals surface area contributed by atoms with Crippen molar-refractivity contribution in [2.75, 3.05) is 13.2 Å². The summed E-state index contributed by atoms with van der Waals surface area (Å²) in [6, 6.07) is 11.3. The average molecular weight is 233 g/mol. The Hall–Kier alpha value is -0.860. The van der Waals surface area contributed by atoms with Gasteiger partial charge >= 0.3 is 0 Å². The minimum atomic E-state index is 0.211. The summed E-state index contributed by atoms with van der Waals surface area (Å²) < 4.78 is 5.98. The Labute approximate surface area is 104 Å². The highest BCUT2D eigenvalue weighted by molar-refractivity contribution is 5.18. The number of ether oxygens (including phenoxy) is 1. The minimum Gasteiger partial charge on any atom is -0.372 e. The molecule has 0 amide bonds. The monoisotopic (exact) mass is 233 g/mol. The van der Waals surface area contributed by atoms with Gasteiger partial charge in [-0.25, -0.2) is 0 Å². The van der Waals surface area contributed by atoms with Crippen molar-refractivity contribution in [1.29, 1.82) is 0 Å². The molecule has 1 N–H and O–H groups in total. The van der Waals surface area contributed by atoms with Crippen LogP contribution in [0.1, 0.15) is 44.3 Å². The Kier molecular flexibility index (Phi) is 5.02. The van der Waals surface area contributed by atoms with Gasteiger partial charge in [0.05, 0.1) is 6.10 Å². The lowest BCUT2D eigenvalue weighted by molar-refractivity contribution is 0.0504. The summed E-state index contributed by atoms with van der Waals surface area (Å²) in [7, 11) is 0. The first kappa shape index (κ1) is 12.6. The van der Waals surface area contributed by atoms with Crippen LogP contribution in [0, 0.1) is 0 Å². The largest absolute Gasteiger partial charge is 0.372 e. The summed E-state index contributed by atoms with van der Waals surface area (Å²) in [5, 5.41) is 3.56. The van der Waals surface area contributed by atoms with Crippen LogP contribution in [0.15, 0.2) is 30.3 Å². The van der Waals surface area contributed by atoms with Gasteiger partial charge in [0, 0.05) is 19.2 Å². The van der Waals surface area contributed by atoms with Gasteiger partial charge in [0.15, 0.2) is 0 Å². The molecule has 2 nitrogen and oxygen atoms in total. The van der Waals surface area contributed by atoms with E-state index in [1.165, 1.54) is 24.8 Å². The van der Waals surface area contributed by atoms with Crippen molar-refractivity contribution in [3.8, 4) is 0 Å². The molecule has 1 unspecified atom stereocenters. The van der Waals surface area contributed by atoms with Crippen LogP contribution in [-0.2, 0) is 4.74 Å².